The van der Waals surface area contributed by atoms with E-state index in [1.807, 2.05) is 12.1 Å². The third-order valence-electron chi connectivity index (χ3n) is 3.89. The minimum Gasteiger partial charge on any atom is -0.495 e. The third-order valence-corrected chi connectivity index (χ3v) is 5.78. The average Bonchev–Trinajstić information content (AvgIpc) is 2.74. The Balaban J connectivity index is 1.73. The lowest BCUT2D eigenvalue weighted by molar-refractivity contribution is -0.111. The lowest BCUT2D eigenvalue weighted by Crippen LogP contribution is -2.13. The summed E-state index contributed by atoms with van der Waals surface area (Å²) in [5, 5.41) is 11.6. The molecular formula is C20H19N5O4S2. The van der Waals surface area contributed by atoms with Gasteiger partial charge in [0.2, 0.25) is 21.9 Å². The van der Waals surface area contributed by atoms with E-state index in [1.54, 1.807) is 30.5 Å². The molecule has 0 saturated heterocycles. The Kier molecular flexibility index (Phi) is 6.90. The lowest BCUT2D eigenvalue weighted by Gasteiger charge is -2.10. The zero-order valence-electron chi connectivity index (χ0n) is 16.4. The molecule has 1 heterocycles. The Labute approximate surface area is 183 Å². The van der Waals surface area contributed by atoms with Crippen LogP contribution in [0.25, 0.3) is 0 Å². The summed E-state index contributed by atoms with van der Waals surface area (Å²) in [7, 11) is -2.55. The molecule has 0 saturated carbocycles. The summed E-state index contributed by atoms with van der Waals surface area (Å²) < 4.78 is 28.3. The van der Waals surface area contributed by atoms with Crippen LogP contribution in [0.1, 0.15) is 0 Å². The molecule has 0 aliphatic carbocycles. The molecule has 0 atom stereocenters. The van der Waals surface area contributed by atoms with Crippen molar-refractivity contribution in [3.63, 3.8) is 0 Å². The fourth-order valence-electron chi connectivity index (χ4n) is 2.49. The van der Waals surface area contributed by atoms with Gasteiger partial charge in [-0.15, -0.1) is 0 Å². The fourth-order valence-corrected chi connectivity index (χ4v) is 3.94. The predicted octanol–water partition coefficient (Wildman–Crippen LogP) is 3.15. The summed E-state index contributed by atoms with van der Waals surface area (Å²) in [6.45, 7) is 3.42. The van der Waals surface area contributed by atoms with E-state index >= 15 is 0 Å². The van der Waals surface area contributed by atoms with Gasteiger partial charge < -0.3 is 15.4 Å². The number of methoxy groups -OCH3 is 1. The van der Waals surface area contributed by atoms with Crippen molar-refractivity contribution in [2.75, 3.05) is 17.7 Å². The van der Waals surface area contributed by atoms with Crippen LogP contribution in [0.3, 0.4) is 0 Å². The van der Waals surface area contributed by atoms with Crippen molar-refractivity contribution in [3.05, 3.63) is 67.4 Å². The van der Waals surface area contributed by atoms with Gasteiger partial charge in [0.1, 0.15) is 15.7 Å². The van der Waals surface area contributed by atoms with E-state index in [-0.39, 0.29) is 16.6 Å². The second-order valence-electron chi connectivity index (χ2n) is 6.07. The van der Waals surface area contributed by atoms with Crippen LogP contribution in [0.4, 0.5) is 17.3 Å². The Morgan fingerprint density at radius 1 is 1.16 bits per heavy atom. The van der Waals surface area contributed by atoms with E-state index < -0.39 is 10.0 Å². The fraction of sp³-hybridized carbons (Fsp3) is 0.0500. The topological polar surface area (TPSA) is 136 Å². The number of hydrogen-bond donors (Lipinski definition) is 3. The van der Waals surface area contributed by atoms with Crippen molar-refractivity contribution in [3.8, 4) is 5.75 Å². The number of carbonyl (C=O) groups excluding carboxylic acids is 1. The maximum atomic E-state index is 11.6. The van der Waals surface area contributed by atoms with Crippen LogP contribution in [-0.2, 0) is 14.8 Å². The van der Waals surface area contributed by atoms with Crippen LogP contribution in [0.15, 0.2) is 82.2 Å². The van der Waals surface area contributed by atoms with E-state index in [2.05, 4.69) is 27.2 Å². The van der Waals surface area contributed by atoms with Gasteiger partial charge in [-0.25, -0.2) is 23.5 Å². The van der Waals surface area contributed by atoms with Crippen molar-refractivity contribution < 1.29 is 17.9 Å². The molecule has 11 heteroatoms. The van der Waals surface area contributed by atoms with Crippen LogP contribution in [-0.4, -0.2) is 31.4 Å². The standard InChI is InChI=1S/C20H19N5O4S2/c1-3-18(26)23-13-4-7-15(8-5-13)30-19-10-11-22-20(25-19)24-14-6-9-17(31(21,27)28)16(12-14)29-2/h3-12H,1H2,2H3,(H,23,26)(H2,21,27,28)(H,22,24,25). The highest BCUT2D eigenvalue weighted by Crippen LogP contribution is 2.30. The van der Waals surface area contributed by atoms with Crippen molar-refractivity contribution in [1.29, 1.82) is 0 Å². The highest BCUT2D eigenvalue weighted by Gasteiger charge is 2.15. The SMILES string of the molecule is C=CC(=O)Nc1ccc(Sc2ccnc(Nc3ccc(S(N)(=O)=O)c(OC)c3)n2)cc1. The van der Waals surface area contributed by atoms with Crippen LogP contribution >= 0.6 is 11.8 Å². The number of rotatable bonds is 8. The zero-order chi connectivity index (χ0) is 22.4. The van der Waals surface area contributed by atoms with E-state index in [1.165, 1.54) is 37.1 Å². The number of nitrogens with one attached hydrogen (secondary N) is 2. The number of amides is 1. The molecular weight excluding hydrogens is 438 g/mol. The molecule has 0 aliphatic rings. The normalized spacial score (nSPS) is 10.9. The summed E-state index contributed by atoms with van der Waals surface area (Å²) in [6.07, 6.45) is 2.81. The first-order chi connectivity index (χ1) is 14.8. The molecule has 0 aliphatic heterocycles. The quantitative estimate of drug-likeness (QED) is 0.347. The Bertz CT molecular complexity index is 1210. The molecule has 3 rings (SSSR count). The molecule has 3 aromatic rings. The van der Waals surface area contributed by atoms with Gasteiger partial charge in [-0.3, -0.25) is 4.79 Å². The summed E-state index contributed by atoms with van der Waals surface area (Å²) in [5.74, 6) is 0.160. The number of hydrogen-bond acceptors (Lipinski definition) is 8. The highest BCUT2D eigenvalue weighted by atomic mass is 32.2. The summed E-state index contributed by atoms with van der Waals surface area (Å²) in [6, 6.07) is 13.4. The van der Waals surface area contributed by atoms with E-state index in [0.717, 1.165) is 4.90 Å². The van der Waals surface area contributed by atoms with Crippen LogP contribution in [0.2, 0.25) is 0 Å². The summed E-state index contributed by atoms with van der Waals surface area (Å²) >= 11 is 1.41. The van der Waals surface area contributed by atoms with Crippen molar-refractivity contribution in [2.45, 2.75) is 14.8 Å². The van der Waals surface area contributed by atoms with E-state index in [0.29, 0.717) is 22.3 Å². The zero-order valence-corrected chi connectivity index (χ0v) is 18.0. The van der Waals surface area contributed by atoms with Crippen LogP contribution < -0.4 is 20.5 Å². The number of nitrogens with two attached hydrogens (primary N) is 1. The number of carbonyl (C=O) groups is 1. The first-order valence-corrected chi connectivity index (χ1v) is 11.2. The lowest BCUT2D eigenvalue weighted by atomic mass is 10.3. The van der Waals surface area contributed by atoms with Crippen molar-refractivity contribution in [2.24, 2.45) is 5.14 Å². The number of primary sulfonamides is 1. The number of sulfonamides is 1. The second-order valence-corrected chi connectivity index (χ2v) is 8.70. The first-order valence-electron chi connectivity index (χ1n) is 8.81. The molecule has 1 amide bonds. The average molecular weight is 458 g/mol. The van der Waals surface area contributed by atoms with Gasteiger partial charge in [0.25, 0.3) is 0 Å². The molecule has 2 aromatic carbocycles. The molecule has 1 aromatic heterocycles. The Morgan fingerprint density at radius 3 is 2.52 bits per heavy atom. The smallest absolute Gasteiger partial charge is 0.247 e. The van der Waals surface area contributed by atoms with Crippen molar-refractivity contribution in [1.82, 2.24) is 9.97 Å². The largest absolute Gasteiger partial charge is 0.495 e. The van der Waals surface area contributed by atoms with Gasteiger partial charge in [-0.2, -0.15) is 0 Å². The molecule has 0 spiro atoms. The maximum absolute atomic E-state index is 11.6. The first kappa shape index (κ1) is 22.3. The Hall–Kier alpha value is -3.41. The van der Waals surface area contributed by atoms with Gasteiger partial charge in [-0.05, 0) is 48.5 Å². The molecule has 0 radical (unpaired) electrons. The predicted molar refractivity (Wildman–Crippen MR) is 119 cm³/mol. The molecule has 0 unspecified atom stereocenters. The van der Waals surface area contributed by atoms with Crippen LogP contribution in [0, 0.1) is 0 Å². The molecule has 31 heavy (non-hydrogen) atoms. The van der Waals surface area contributed by atoms with Gasteiger partial charge in [0.15, 0.2) is 0 Å². The maximum Gasteiger partial charge on any atom is 0.247 e. The number of aromatic nitrogens is 2. The molecule has 0 fully saturated rings. The number of benzene rings is 2. The van der Waals surface area contributed by atoms with Gasteiger partial charge in [-0.1, -0.05) is 18.3 Å². The van der Waals surface area contributed by atoms with Gasteiger partial charge in [0, 0.05) is 28.5 Å². The van der Waals surface area contributed by atoms with Gasteiger partial charge in [0.05, 0.1) is 7.11 Å². The van der Waals surface area contributed by atoms with Crippen molar-refractivity contribution >= 4 is 45.0 Å². The molecule has 0 bridgehead atoms. The van der Waals surface area contributed by atoms with Gasteiger partial charge >= 0.3 is 0 Å². The monoisotopic (exact) mass is 457 g/mol. The molecule has 9 nitrogen and oxygen atoms in total. The molecule has 4 N–H and O–H groups in total. The summed E-state index contributed by atoms with van der Waals surface area (Å²) in [4.78, 5) is 20.8. The highest BCUT2D eigenvalue weighted by molar-refractivity contribution is 7.99. The molecule has 160 valence electrons. The number of anilines is 3. The number of nitrogens with zero attached hydrogens (tertiary/aromatic N) is 2. The minimum atomic E-state index is -3.90. The van der Waals surface area contributed by atoms with Crippen LogP contribution in [0.5, 0.6) is 5.75 Å². The summed E-state index contributed by atoms with van der Waals surface area (Å²) in [5.41, 5.74) is 1.20. The number of ether oxygens (including phenoxy) is 1. The third kappa shape index (κ3) is 6.04. The Morgan fingerprint density at radius 2 is 1.87 bits per heavy atom. The van der Waals surface area contributed by atoms with E-state index in [4.69, 9.17) is 9.88 Å². The second kappa shape index (κ2) is 9.60. The minimum absolute atomic E-state index is 0.112. The van der Waals surface area contributed by atoms with E-state index in [9.17, 15) is 13.2 Å².